The Morgan fingerprint density at radius 3 is 2.88 bits per heavy atom. The second kappa shape index (κ2) is 5.68. The Morgan fingerprint density at radius 2 is 2.29 bits per heavy atom. The van der Waals surface area contributed by atoms with Crippen molar-refractivity contribution < 1.29 is 9.21 Å². The van der Waals surface area contributed by atoms with Gasteiger partial charge in [0.05, 0.1) is 6.26 Å². The van der Waals surface area contributed by atoms with Crippen LogP contribution in [0.2, 0.25) is 0 Å². The monoisotopic (exact) mass is 234 g/mol. The summed E-state index contributed by atoms with van der Waals surface area (Å²) in [5.41, 5.74) is 5.62. The van der Waals surface area contributed by atoms with Crippen molar-refractivity contribution in [3.05, 3.63) is 30.2 Å². The average Bonchev–Trinajstić information content (AvgIpc) is 2.89. The van der Waals surface area contributed by atoms with E-state index in [-0.39, 0.29) is 5.91 Å². The van der Waals surface area contributed by atoms with E-state index in [0.29, 0.717) is 11.7 Å². The number of rotatable bonds is 3. The van der Waals surface area contributed by atoms with Crippen LogP contribution in [0, 0.1) is 5.92 Å². The van der Waals surface area contributed by atoms with Crippen LogP contribution < -0.4 is 5.73 Å². The summed E-state index contributed by atoms with van der Waals surface area (Å²) in [7, 11) is 0. The van der Waals surface area contributed by atoms with Gasteiger partial charge in [0, 0.05) is 19.2 Å². The Labute approximate surface area is 101 Å². The molecule has 4 nitrogen and oxygen atoms in total. The summed E-state index contributed by atoms with van der Waals surface area (Å²) in [6.07, 6.45) is 6.89. The van der Waals surface area contributed by atoms with Crippen molar-refractivity contribution in [1.29, 1.82) is 0 Å². The fraction of sp³-hybridized carbons (Fsp3) is 0.462. The topological polar surface area (TPSA) is 59.5 Å². The molecule has 0 saturated carbocycles. The zero-order valence-electron chi connectivity index (χ0n) is 9.84. The lowest BCUT2D eigenvalue weighted by molar-refractivity contribution is -0.127. The van der Waals surface area contributed by atoms with E-state index in [1.54, 1.807) is 24.5 Å². The number of hydrogen-bond acceptors (Lipinski definition) is 3. The minimum absolute atomic E-state index is 0.0527. The van der Waals surface area contributed by atoms with Gasteiger partial charge in [-0.05, 0) is 43.5 Å². The largest absolute Gasteiger partial charge is 0.465 e. The van der Waals surface area contributed by atoms with Gasteiger partial charge >= 0.3 is 0 Å². The van der Waals surface area contributed by atoms with E-state index < -0.39 is 0 Å². The standard InChI is InChI=1S/C13H18N2O2/c14-10-11-5-7-15(8-6-11)13(16)4-3-12-2-1-9-17-12/h1-4,9,11H,5-8,10,14H2. The number of hydrogen-bond donors (Lipinski definition) is 1. The lowest BCUT2D eigenvalue weighted by Gasteiger charge is -2.30. The van der Waals surface area contributed by atoms with E-state index >= 15 is 0 Å². The van der Waals surface area contributed by atoms with Crippen LogP contribution >= 0.6 is 0 Å². The summed E-state index contributed by atoms with van der Waals surface area (Å²) in [6, 6.07) is 3.63. The summed E-state index contributed by atoms with van der Waals surface area (Å²) in [5, 5.41) is 0. The number of carbonyl (C=O) groups is 1. The van der Waals surface area contributed by atoms with Gasteiger partial charge in [-0.25, -0.2) is 0 Å². The van der Waals surface area contributed by atoms with Crippen molar-refractivity contribution in [1.82, 2.24) is 4.90 Å². The molecule has 2 N–H and O–H groups in total. The van der Waals surface area contributed by atoms with E-state index in [1.165, 1.54) is 0 Å². The molecule has 1 aromatic rings. The Kier molecular flexibility index (Phi) is 3.98. The normalized spacial score (nSPS) is 17.8. The Bertz CT molecular complexity index is 376. The molecule has 1 fully saturated rings. The Hall–Kier alpha value is -1.55. The third kappa shape index (κ3) is 3.20. The van der Waals surface area contributed by atoms with Gasteiger partial charge in [-0.1, -0.05) is 0 Å². The van der Waals surface area contributed by atoms with Gasteiger partial charge < -0.3 is 15.1 Å². The van der Waals surface area contributed by atoms with Crippen molar-refractivity contribution in [2.45, 2.75) is 12.8 Å². The lowest BCUT2D eigenvalue weighted by Crippen LogP contribution is -2.39. The van der Waals surface area contributed by atoms with Crippen LogP contribution in [0.4, 0.5) is 0 Å². The summed E-state index contributed by atoms with van der Waals surface area (Å²) in [6.45, 7) is 2.34. The highest BCUT2D eigenvalue weighted by atomic mass is 16.3. The molecule has 2 rings (SSSR count). The number of likely N-dealkylation sites (tertiary alicyclic amines) is 1. The maximum absolute atomic E-state index is 11.9. The molecule has 1 amide bonds. The SMILES string of the molecule is NCC1CCN(C(=O)C=Cc2ccco2)CC1. The molecule has 0 aromatic carbocycles. The molecule has 2 heterocycles. The van der Waals surface area contributed by atoms with E-state index in [1.807, 2.05) is 11.0 Å². The van der Waals surface area contributed by atoms with Crippen LogP contribution in [0.1, 0.15) is 18.6 Å². The average molecular weight is 234 g/mol. The zero-order valence-corrected chi connectivity index (χ0v) is 9.84. The predicted octanol–water partition coefficient (Wildman–Crippen LogP) is 1.49. The molecule has 0 aliphatic carbocycles. The van der Waals surface area contributed by atoms with Crippen molar-refractivity contribution in [2.75, 3.05) is 19.6 Å². The number of piperidine rings is 1. The van der Waals surface area contributed by atoms with Crippen LogP contribution in [0.5, 0.6) is 0 Å². The van der Waals surface area contributed by atoms with Crippen LogP contribution in [0.3, 0.4) is 0 Å². The molecule has 1 aliphatic rings. The second-order valence-electron chi connectivity index (χ2n) is 4.35. The first-order chi connectivity index (χ1) is 8.29. The molecule has 1 aromatic heterocycles. The molecule has 1 aliphatic heterocycles. The molecule has 17 heavy (non-hydrogen) atoms. The van der Waals surface area contributed by atoms with E-state index in [9.17, 15) is 4.79 Å². The molecule has 0 bridgehead atoms. The molecule has 0 unspecified atom stereocenters. The fourth-order valence-electron chi connectivity index (χ4n) is 2.03. The van der Waals surface area contributed by atoms with Crippen LogP contribution in [-0.2, 0) is 4.79 Å². The quantitative estimate of drug-likeness (QED) is 0.806. The number of carbonyl (C=O) groups excluding carboxylic acids is 1. The summed E-state index contributed by atoms with van der Waals surface area (Å²) in [5.74, 6) is 1.33. The van der Waals surface area contributed by atoms with Crippen LogP contribution in [0.25, 0.3) is 6.08 Å². The molecule has 4 heteroatoms. The van der Waals surface area contributed by atoms with Gasteiger partial charge in [0.1, 0.15) is 5.76 Å². The number of furan rings is 1. The molecule has 92 valence electrons. The number of amides is 1. The molecule has 1 saturated heterocycles. The van der Waals surface area contributed by atoms with Crippen molar-refractivity contribution in [3.63, 3.8) is 0 Å². The fourth-order valence-corrected chi connectivity index (χ4v) is 2.03. The lowest BCUT2D eigenvalue weighted by atomic mass is 9.97. The number of nitrogens with zero attached hydrogens (tertiary/aromatic N) is 1. The molecular formula is C13H18N2O2. The first-order valence-electron chi connectivity index (χ1n) is 6.00. The van der Waals surface area contributed by atoms with Gasteiger partial charge in [-0.2, -0.15) is 0 Å². The van der Waals surface area contributed by atoms with Gasteiger partial charge in [0.25, 0.3) is 0 Å². The number of nitrogens with two attached hydrogens (primary N) is 1. The van der Waals surface area contributed by atoms with Crippen LogP contribution in [0.15, 0.2) is 28.9 Å². The first-order valence-corrected chi connectivity index (χ1v) is 6.00. The molecule has 0 atom stereocenters. The molecule has 0 spiro atoms. The summed E-state index contributed by atoms with van der Waals surface area (Å²) in [4.78, 5) is 13.7. The van der Waals surface area contributed by atoms with Gasteiger partial charge in [0.2, 0.25) is 5.91 Å². The predicted molar refractivity (Wildman–Crippen MR) is 66.1 cm³/mol. The Balaban J connectivity index is 1.85. The summed E-state index contributed by atoms with van der Waals surface area (Å²) >= 11 is 0. The maximum Gasteiger partial charge on any atom is 0.246 e. The van der Waals surface area contributed by atoms with E-state index in [0.717, 1.165) is 32.5 Å². The smallest absolute Gasteiger partial charge is 0.246 e. The maximum atomic E-state index is 11.9. The van der Waals surface area contributed by atoms with Crippen molar-refractivity contribution in [3.8, 4) is 0 Å². The third-order valence-electron chi connectivity index (χ3n) is 3.19. The Morgan fingerprint density at radius 1 is 1.53 bits per heavy atom. The van der Waals surface area contributed by atoms with Crippen molar-refractivity contribution >= 4 is 12.0 Å². The molecular weight excluding hydrogens is 216 g/mol. The van der Waals surface area contributed by atoms with Gasteiger partial charge in [0.15, 0.2) is 0 Å². The highest BCUT2D eigenvalue weighted by Crippen LogP contribution is 2.16. The van der Waals surface area contributed by atoms with Gasteiger partial charge in [-0.3, -0.25) is 4.79 Å². The highest BCUT2D eigenvalue weighted by Gasteiger charge is 2.20. The second-order valence-corrected chi connectivity index (χ2v) is 4.35. The molecule has 0 radical (unpaired) electrons. The first kappa shape index (κ1) is 11.9. The minimum Gasteiger partial charge on any atom is -0.465 e. The van der Waals surface area contributed by atoms with Crippen LogP contribution in [-0.4, -0.2) is 30.4 Å². The minimum atomic E-state index is 0.0527. The van der Waals surface area contributed by atoms with Gasteiger partial charge in [-0.15, -0.1) is 0 Å². The zero-order chi connectivity index (χ0) is 12.1. The van der Waals surface area contributed by atoms with E-state index in [2.05, 4.69) is 0 Å². The summed E-state index contributed by atoms with van der Waals surface area (Å²) < 4.78 is 5.13. The third-order valence-corrected chi connectivity index (χ3v) is 3.19. The van der Waals surface area contributed by atoms with E-state index in [4.69, 9.17) is 10.2 Å². The highest BCUT2D eigenvalue weighted by molar-refractivity contribution is 5.91. The van der Waals surface area contributed by atoms with Crippen molar-refractivity contribution in [2.24, 2.45) is 11.7 Å².